The van der Waals surface area contributed by atoms with E-state index in [-0.39, 0.29) is 22.7 Å². The first-order valence-electron chi connectivity index (χ1n) is 7.31. The van der Waals surface area contributed by atoms with Crippen molar-refractivity contribution in [3.63, 3.8) is 0 Å². The van der Waals surface area contributed by atoms with Crippen molar-refractivity contribution in [1.29, 1.82) is 0 Å². The van der Waals surface area contributed by atoms with Crippen LogP contribution in [0.4, 0.5) is 5.82 Å². The summed E-state index contributed by atoms with van der Waals surface area (Å²) in [5.74, 6) is 0.983. The number of carbonyl (C=O) groups is 1. The number of ether oxygens (including phenoxy) is 2. The minimum absolute atomic E-state index is 0.135. The highest BCUT2D eigenvalue weighted by atomic mass is 32.1. The number of nitrogens with one attached hydrogen (secondary N) is 2. The Morgan fingerprint density at radius 3 is 2.67 bits per heavy atom. The predicted molar refractivity (Wildman–Crippen MR) is 91.5 cm³/mol. The number of methoxy groups -OCH3 is 2. The van der Waals surface area contributed by atoms with Gasteiger partial charge in [-0.1, -0.05) is 0 Å². The number of fused-ring (bicyclic) bond motifs is 1. The van der Waals surface area contributed by atoms with Gasteiger partial charge in [-0.15, -0.1) is 0 Å². The van der Waals surface area contributed by atoms with Crippen molar-refractivity contribution < 1.29 is 14.3 Å². The molecule has 0 saturated heterocycles. The number of rotatable bonds is 3. The molecule has 3 rings (SSSR count). The highest BCUT2D eigenvalue weighted by Crippen LogP contribution is 2.40. The van der Waals surface area contributed by atoms with E-state index in [0.717, 1.165) is 5.56 Å². The van der Waals surface area contributed by atoms with Crippen LogP contribution >= 0.6 is 12.2 Å². The first-order chi connectivity index (χ1) is 11.5. The molecule has 0 saturated carbocycles. The van der Waals surface area contributed by atoms with Gasteiger partial charge in [0, 0.05) is 24.9 Å². The van der Waals surface area contributed by atoms with Gasteiger partial charge in [0.15, 0.2) is 4.77 Å². The summed E-state index contributed by atoms with van der Waals surface area (Å²) in [7, 11) is 4.80. The van der Waals surface area contributed by atoms with Gasteiger partial charge in [0.1, 0.15) is 17.3 Å². The molecule has 7 nitrogen and oxygen atoms in total. The summed E-state index contributed by atoms with van der Waals surface area (Å²) in [6.07, 6.45) is 0.135. The first kappa shape index (κ1) is 16.3. The number of anilines is 1. The topological polar surface area (TPSA) is 85.3 Å². The van der Waals surface area contributed by atoms with Crippen LogP contribution in [0.15, 0.2) is 23.0 Å². The lowest BCUT2D eigenvalue weighted by Gasteiger charge is -2.27. The van der Waals surface area contributed by atoms with Crippen LogP contribution < -0.4 is 20.3 Å². The second-order valence-corrected chi connectivity index (χ2v) is 5.88. The van der Waals surface area contributed by atoms with Gasteiger partial charge in [0.05, 0.1) is 19.8 Å². The lowest BCUT2D eigenvalue weighted by Crippen LogP contribution is -2.33. The number of amides is 1. The van der Waals surface area contributed by atoms with Crippen LogP contribution in [0.2, 0.25) is 0 Å². The maximum atomic E-state index is 12.5. The minimum Gasteiger partial charge on any atom is -0.497 e. The largest absolute Gasteiger partial charge is 0.497 e. The molecule has 1 amide bonds. The Bertz CT molecular complexity index is 932. The van der Waals surface area contributed by atoms with Crippen LogP contribution in [0.3, 0.4) is 0 Å². The highest BCUT2D eigenvalue weighted by Gasteiger charge is 2.33. The fourth-order valence-electron chi connectivity index (χ4n) is 2.96. The van der Waals surface area contributed by atoms with Gasteiger partial charge in [-0.2, -0.15) is 0 Å². The van der Waals surface area contributed by atoms with E-state index in [0.29, 0.717) is 22.9 Å². The van der Waals surface area contributed by atoms with Crippen molar-refractivity contribution >= 4 is 23.9 Å². The van der Waals surface area contributed by atoms with Gasteiger partial charge in [0.2, 0.25) is 5.91 Å². The summed E-state index contributed by atoms with van der Waals surface area (Å²) in [5, 5.41) is 2.74. The summed E-state index contributed by atoms with van der Waals surface area (Å²) < 4.78 is 12.5. The van der Waals surface area contributed by atoms with E-state index in [9.17, 15) is 9.59 Å². The van der Waals surface area contributed by atoms with E-state index in [4.69, 9.17) is 21.7 Å². The summed E-state index contributed by atoms with van der Waals surface area (Å²) >= 11 is 5.12. The van der Waals surface area contributed by atoms with Gasteiger partial charge in [-0.3, -0.25) is 14.6 Å². The summed E-state index contributed by atoms with van der Waals surface area (Å²) in [5.41, 5.74) is 0.857. The zero-order chi connectivity index (χ0) is 17.4. The van der Waals surface area contributed by atoms with Gasteiger partial charge >= 0.3 is 0 Å². The first-order valence-corrected chi connectivity index (χ1v) is 7.72. The molecule has 0 radical (unpaired) electrons. The molecule has 0 spiro atoms. The fourth-order valence-corrected chi connectivity index (χ4v) is 3.14. The Morgan fingerprint density at radius 1 is 1.25 bits per heavy atom. The highest BCUT2D eigenvalue weighted by molar-refractivity contribution is 7.71. The standard InChI is InChI=1S/C16H17N3O4S/c1-19-14-13(15(21)18-16(19)24)10(7-12(20)17-14)9-6-8(22-2)4-5-11(9)23-3/h4-6,10H,7H2,1-3H3,(H,17,20)(H,18,21,24). The molecule has 2 heterocycles. The molecule has 24 heavy (non-hydrogen) atoms. The van der Waals surface area contributed by atoms with Crippen LogP contribution in [0, 0.1) is 4.77 Å². The second-order valence-electron chi connectivity index (χ2n) is 5.49. The van der Waals surface area contributed by atoms with E-state index < -0.39 is 5.92 Å². The fraction of sp³-hybridized carbons (Fsp3) is 0.312. The molecular weight excluding hydrogens is 330 g/mol. The lowest BCUT2D eigenvalue weighted by atomic mass is 9.86. The van der Waals surface area contributed by atoms with Gasteiger partial charge in [-0.25, -0.2) is 0 Å². The average molecular weight is 347 g/mol. The second kappa shape index (κ2) is 6.12. The monoisotopic (exact) mass is 347 g/mol. The number of aromatic nitrogens is 2. The predicted octanol–water partition coefficient (Wildman–Crippen LogP) is 1.93. The number of hydrogen-bond donors (Lipinski definition) is 2. The summed E-state index contributed by atoms with van der Waals surface area (Å²) in [6.45, 7) is 0. The van der Waals surface area contributed by atoms with Crippen molar-refractivity contribution in [2.75, 3.05) is 19.5 Å². The molecule has 0 aliphatic carbocycles. The van der Waals surface area contributed by atoms with Crippen molar-refractivity contribution in [1.82, 2.24) is 9.55 Å². The third-order valence-corrected chi connectivity index (χ3v) is 4.54. The van der Waals surface area contributed by atoms with Crippen molar-refractivity contribution in [3.05, 3.63) is 44.5 Å². The van der Waals surface area contributed by atoms with Crippen LogP contribution in [0.25, 0.3) is 0 Å². The Kier molecular flexibility index (Phi) is 4.15. The van der Waals surface area contributed by atoms with Crippen LogP contribution in [-0.4, -0.2) is 29.7 Å². The molecule has 0 bridgehead atoms. The molecule has 1 aromatic heterocycles. The molecule has 1 aliphatic rings. The molecule has 1 unspecified atom stereocenters. The average Bonchev–Trinajstić information content (AvgIpc) is 2.58. The molecule has 8 heteroatoms. The zero-order valence-electron chi connectivity index (χ0n) is 13.5. The lowest BCUT2D eigenvalue weighted by molar-refractivity contribution is -0.116. The molecule has 0 fully saturated rings. The number of nitrogens with zero attached hydrogens (tertiary/aromatic N) is 1. The maximum Gasteiger partial charge on any atom is 0.257 e. The summed E-state index contributed by atoms with van der Waals surface area (Å²) in [4.78, 5) is 27.4. The zero-order valence-corrected chi connectivity index (χ0v) is 14.3. The Hall–Kier alpha value is -2.61. The number of H-pyrrole nitrogens is 1. The molecule has 1 atom stereocenters. The van der Waals surface area contributed by atoms with Crippen molar-refractivity contribution in [2.45, 2.75) is 12.3 Å². The quantitative estimate of drug-likeness (QED) is 0.829. The van der Waals surface area contributed by atoms with E-state index in [1.807, 2.05) is 0 Å². The van der Waals surface area contributed by atoms with Gasteiger partial charge < -0.3 is 19.4 Å². The molecule has 2 N–H and O–H groups in total. The van der Waals surface area contributed by atoms with Gasteiger partial charge in [0.25, 0.3) is 5.56 Å². The van der Waals surface area contributed by atoms with E-state index in [2.05, 4.69) is 10.3 Å². The van der Waals surface area contributed by atoms with Crippen molar-refractivity contribution in [2.24, 2.45) is 7.05 Å². The molecule has 1 aromatic carbocycles. The van der Waals surface area contributed by atoms with Gasteiger partial charge in [-0.05, 0) is 30.4 Å². The molecule has 1 aliphatic heterocycles. The third kappa shape index (κ3) is 2.58. The molecule has 2 aromatic rings. The van der Waals surface area contributed by atoms with Crippen LogP contribution in [0.5, 0.6) is 11.5 Å². The van der Waals surface area contributed by atoms with Crippen LogP contribution in [-0.2, 0) is 11.8 Å². The minimum atomic E-state index is -0.454. The number of benzene rings is 1. The summed E-state index contributed by atoms with van der Waals surface area (Å²) in [6, 6.07) is 5.31. The van der Waals surface area contributed by atoms with E-state index in [1.54, 1.807) is 44.0 Å². The maximum absolute atomic E-state index is 12.5. The normalized spacial score (nSPS) is 16.3. The SMILES string of the molecule is COc1ccc(OC)c(C2CC(=O)Nc3c2c(=O)[nH]c(=S)n3C)c1. The van der Waals surface area contributed by atoms with E-state index in [1.165, 1.54) is 0 Å². The Morgan fingerprint density at radius 2 is 2.00 bits per heavy atom. The molecule has 126 valence electrons. The van der Waals surface area contributed by atoms with Crippen LogP contribution in [0.1, 0.15) is 23.5 Å². The third-order valence-electron chi connectivity index (χ3n) is 4.17. The Balaban J connectivity index is 2.29. The molecular formula is C16H17N3O4S. The number of hydrogen-bond acceptors (Lipinski definition) is 5. The smallest absolute Gasteiger partial charge is 0.257 e. The Labute approximate surface area is 143 Å². The number of carbonyl (C=O) groups excluding carboxylic acids is 1. The van der Waals surface area contributed by atoms with Crippen molar-refractivity contribution in [3.8, 4) is 11.5 Å². The number of aromatic amines is 1. The van der Waals surface area contributed by atoms with E-state index >= 15 is 0 Å².